The molecule has 1 aromatic rings. The van der Waals surface area contributed by atoms with Crippen LogP contribution in [0.2, 0.25) is 0 Å². The number of phenolic OH excluding ortho intramolecular Hbond substituents is 1. The lowest BCUT2D eigenvalue weighted by atomic mass is 9.88. The third-order valence-electron chi connectivity index (χ3n) is 7.29. The van der Waals surface area contributed by atoms with Gasteiger partial charge in [-0.15, -0.1) is 0 Å². The van der Waals surface area contributed by atoms with Gasteiger partial charge in [-0.1, -0.05) is 38.2 Å². The number of nitrogens with two attached hydrogens (primary N) is 1. The number of nitrogens with zero attached hydrogens (tertiary/aromatic N) is 3. The van der Waals surface area contributed by atoms with Gasteiger partial charge < -0.3 is 30.2 Å². The van der Waals surface area contributed by atoms with Crippen LogP contribution in [0.3, 0.4) is 0 Å². The molecular weight excluding hydrogens is 528 g/mol. The van der Waals surface area contributed by atoms with Gasteiger partial charge in [0.25, 0.3) is 5.91 Å². The SMILES string of the molecule is CO[C@H]1/C=C\C=C(/C)C(=O)N=c2cc3c(c(c2O)C[C@@H](C)C[C@H](OC)[C@@H](O)[C@@H](C)/C=C(\C)[C@@H]1OC(N)=O)=NC(C)=N3. The summed E-state index contributed by atoms with van der Waals surface area (Å²) in [5.41, 5.74) is 7.33. The van der Waals surface area contributed by atoms with Gasteiger partial charge in [0.1, 0.15) is 23.0 Å². The smallest absolute Gasteiger partial charge is 0.405 e. The van der Waals surface area contributed by atoms with Gasteiger partial charge in [-0.2, -0.15) is 0 Å². The average molecular weight is 569 g/mol. The minimum absolute atomic E-state index is 0.0688. The van der Waals surface area contributed by atoms with Crippen molar-refractivity contribution in [2.45, 2.75) is 71.9 Å². The van der Waals surface area contributed by atoms with Crippen molar-refractivity contribution in [2.24, 2.45) is 32.5 Å². The lowest BCUT2D eigenvalue weighted by Gasteiger charge is -2.29. The van der Waals surface area contributed by atoms with Crippen LogP contribution in [0.4, 0.5) is 10.5 Å². The Balaban J connectivity index is 2.18. The Labute approximate surface area is 239 Å². The molecule has 0 aromatic heterocycles. The van der Waals surface area contributed by atoms with E-state index in [0.29, 0.717) is 46.4 Å². The number of aromatic hydroxyl groups is 1. The third kappa shape index (κ3) is 7.75. The Morgan fingerprint density at radius 3 is 2.44 bits per heavy atom. The molecular formula is C30H40N4O7. The maximum Gasteiger partial charge on any atom is 0.405 e. The van der Waals surface area contributed by atoms with Gasteiger partial charge in [0.05, 0.1) is 23.3 Å². The standard InChI is InChI=1S/C30H40N4O7/c1-15-11-20-25-21(32-19(5)33-25)14-22(27(20)36)34-29(37)16(2)9-8-10-23(39-6)28(41-30(31)38)18(4)13-17(3)26(35)24(12-15)40-7/h8-10,13-15,17,23-24,26,28,35-36H,11-12H2,1-7H3,(H2,31,38)/b10-8-,16-9+,18-13+,34-22?/t15-,17+,23+,24+,26+,28+/m1/s1. The van der Waals surface area contributed by atoms with E-state index in [1.54, 1.807) is 51.1 Å². The number of fused-ring (bicyclic) bond motifs is 4. The van der Waals surface area contributed by atoms with Gasteiger partial charge >= 0.3 is 6.09 Å². The highest BCUT2D eigenvalue weighted by molar-refractivity contribution is 5.94. The number of ether oxygens (including phenoxy) is 3. The summed E-state index contributed by atoms with van der Waals surface area (Å²) in [7, 11) is 2.99. The number of hydrogen-bond donors (Lipinski definition) is 3. The van der Waals surface area contributed by atoms with Crippen LogP contribution in [-0.2, 0) is 25.4 Å². The molecule has 0 aliphatic carbocycles. The molecule has 2 heterocycles. The number of allylic oxidation sites excluding steroid dienone is 2. The first-order chi connectivity index (χ1) is 19.4. The predicted octanol–water partition coefficient (Wildman–Crippen LogP) is 2.74. The van der Waals surface area contributed by atoms with E-state index in [9.17, 15) is 19.8 Å². The average Bonchev–Trinajstić information content (AvgIpc) is 3.29. The van der Waals surface area contributed by atoms with E-state index >= 15 is 0 Å². The zero-order valence-corrected chi connectivity index (χ0v) is 24.6. The summed E-state index contributed by atoms with van der Waals surface area (Å²) in [6.45, 7) is 8.94. The van der Waals surface area contributed by atoms with Crippen molar-refractivity contribution in [3.8, 4) is 5.75 Å². The highest BCUT2D eigenvalue weighted by Gasteiger charge is 2.30. The topological polar surface area (TPSA) is 165 Å². The van der Waals surface area contributed by atoms with Gasteiger partial charge in [-0.05, 0) is 51.2 Å². The molecule has 0 unspecified atom stereocenters. The molecule has 0 fully saturated rings. The van der Waals surface area contributed by atoms with Crippen LogP contribution in [0.5, 0.6) is 5.75 Å². The number of primary amides is 1. The molecule has 41 heavy (non-hydrogen) atoms. The minimum atomic E-state index is -0.978. The summed E-state index contributed by atoms with van der Waals surface area (Å²) in [4.78, 5) is 37.9. The normalized spacial score (nSPS) is 30.9. The molecule has 4 N–H and O–H groups in total. The fraction of sp³-hybridized carbons (Fsp3) is 0.500. The summed E-state index contributed by atoms with van der Waals surface area (Å²) in [6.07, 6.45) is 3.36. The molecule has 11 nitrogen and oxygen atoms in total. The van der Waals surface area contributed by atoms with Crippen molar-refractivity contribution in [3.63, 3.8) is 0 Å². The highest BCUT2D eigenvalue weighted by atomic mass is 16.6. The van der Waals surface area contributed by atoms with Gasteiger partial charge in [0, 0.05) is 31.3 Å². The second-order valence-electron chi connectivity index (χ2n) is 10.7. The van der Waals surface area contributed by atoms with Crippen LogP contribution >= 0.6 is 0 Å². The lowest BCUT2D eigenvalue weighted by molar-refractivity contribution is -0.114. The molecule has 0 spiro atoms. The van der Waals surface area contributed by atoms with E-state index in [1.165, 1.54) is 14.2 Å². The van der Waals surface area contributed by atoms with E-state index in [1.807, 2.05) is 13.8 Å². The van der Waals surface area contributed by atoms with Crippen molar-refractivity contribution in [2.75, 3.05) is 14.2 Å². The number of carbonyl (C=O) groups is 2. The predicted molar refractivity (Wildman–Crippen MR) is 154 cm³/mol. The molecule has 3 rings (SSSR count). The summed E-state index contributed by atoms with van der Waals surface area (Å²) in [5.74, 6) is -0.601. The highest BCUT2D eigenvalue weighted by Crippen LogP contribution is 2.26. The van der Waals surface area contributed by atoms with Crippen molar-refractivity contribution in [1.82, 2.24) is 0 Å². The number of aliphatic imine (C=N–C) groups is 1. The molecule has 6 atom stereocenters. The monoisotopic (exact) mass is 568 g/mol. The first kappa shape index (κ1) is 31.9. The Bertz CT molecular complexity index is 1410. The Kier molecular flexibility index (Phi) is 10.7. The van der Waals surface area contributed by atoms with Crippen LogP contribution in [0.25, 0.3) is 0 Å². The van der Waals surface area contributed by atoms with Crippen molar-refractivity contribution >= 4 is 23.5 Å². The Morgan fingerprint density at radius 1 is 1.10 bits per heavy atom. The van der Waals surface area contributed by atoms with Gasteiger partial charge in [-0.25, -0.2) is 19.8 Å². The number of aliphatic hydroxyl groups excluding tert-OH is 1. The maximum absolute atomic E-state index is 13.0. The largest absolute Gasteiger partial charge is 0.505 e. The summed E-state index contributed by atoms with van der Waals surface area (Å²) in [5, 5.41) is 23.1. The van der Waals surface area contributed by atoms with E-state index in [4.69, 9.17) is 19.9 Å². The fourth-order valence-electron chi connectivity index (χ4n) is 5.11. The zero-order valence-electron chi connectivity index (χ0n) is 24.6. The van der Waals surface area contributed by atoms with E-state index < -0.39 is 36.4 Å². The Morgan fingerprint density at radius 2 is 1.80 bits per heavy atom. The number of hydrogen-bond acceptors (Lipinski definition) is 9. The molecule has 2 aliphatic rings. The number of methoxy groups -OCH3 is 2. The third-order valence-corrected chi connectivity index (χ3v) is 7.29. The van der Waals surface area contributed by atoms with Crippen molar-refractivity contribution < 1.29 is 34.0 Å². The number of amides is 2. The Hall–Kier alpha value is -3.67. The van der Waals surface area contributed by atoms with Gasteiger partial charge in [0.15, 0.2) is 6.10 Å². The molecule has 2 aliphatic heterocycles. The molecule has 0 saturated carbocycles. The van der Waals surface area contributed by atoms with Gasteiger partial charge in [0.2, 0.25) is 0 Å². The molecule has 0 radical (unpaired) electrons. The van der Waals surface area contributed by atoms with Crippen LogP contribution in [-0.4, -0.2) is 66.7 Å². The van der Waals surface area contributed by atoms with Crippen LogP contribution < -0.4 is 16.4 Å². The number of carbonyl (C=O) groups excluding carboxylic acids is 2. The number of amidine groups is 1. The number of aliphatic hydroxyl groups is 1. The number of phenols is 1. The first-order valence-electron chi connectivity index (χ1n) is 13.5. The summed E-state index contributed by atoms with van der Waals surface area (Å²) < 4.78 is 16.6. The van der Waals surface area contributed by atoms with Crippen molar-refractivity contribution in [3.05, 3.63) is 57.8 Å². The second-order valence-corrected chi connectivity index (χ2v) is 10.7. The van der Waals surface area contributed by atoms with Gasteiger partial charge in [-0.3, -0.25) is 4.79 Å². The maximum atomic E-state index is 13.0. The molecule has 11 heteroatoms. The second kappa shape index (κ2) is 13.8. The van der Waals surface area contributed by atoms with Crippen LogP contribution in [0.15, 0.2) is 56.5 Å². The quantitative estimate of drug-likeness (QED) is 0.472. The van der Waals surface area contributed by atoms with Crippen LogP contribution in [0, 0.1) is 11.8 Å². The molecule has 1 aromatic carbocycles. The van der Waals surface area contributed by atoms with Crippen molar-refractivity contribution in [1.29, 1.82) is 0 Å². The summed E-state index contributed by atoms with van der Waals surface area (Å²) >= 11 is 0. The summed E-state index contributed by atoms with van der Waals surface area (Å²) in [6, 6.07) is 1.55. The molecule has 2 amide bonds. The zero-order chi connectivity index (χ0) is 30.4. The van der Waals surface area contributed by atoms with Crippen LogP contribution in [0.1, 0.15) is 46.6 Å². The number of benzene rings is 1. The fourth-order valence-corrected chi connectivity index (χ4v) is 5.11. The van der Waals surface area contributed by atoms with E-state index in [2.05, 4.69) is 15.0 Å². The molecule has 2 bridgehead atoms. The number of rotatable bonds is 3. The first-order valence-corrected chi connectivity index (χ1v) is 13.5. The lowest BCUT2D eigenvalue weighted by Crippen LogP contribution is -2.37. The molecule has 0 saturated heterocycles. The minimum Gasteiger partial charge on any atom is -0.505 e. The molecule has 222 valence electrons. The van der Waals surface area contributed by atoms with E-state index in [-0.39, 0.29) is 22.9 Å². The van der Waals surface area contributed by atoms with E-state index in [0.717, 1.165) is 0 Å².